The molecule has 1 heterocycles. The molecular formula is C15H15FN2O2S. The van der Waals surface area contributed by atoms with Gasteiger partial charge in [0, 0.05) is 30.7 Å². The predicted octanol–water partition coefficient (Wildman–Crippen LogP) is 2.73. The highest BCUT2D eigenvalue weighted by Gasteiger charge is 2.03. The van der Waals surface area contributed by atoms with Crippen molar-refractivity contribution in [2.45, 2.75) is 0 Å². The van der Waals surface area contributed by atoms with Gasteiger partial charge in [0.2, 0.25) is 5.91 Å². The van der Waals surface area contributed by atoms with Gasteiger partial charge in [0.15, 0.2) is 0 Å². The number of nitrogens with zero attached hydrogens (tertiary/aromatic N) is 1. The number of thiazole rings is 1. The molecule has 1 N–H and O–H groups in total. The minimum absolute atomic E-state index is 0.191. The number of aromatic nitrogens is 1. The lowest BCUT2D eigenvalue weighted by molar-refractivity contribution is -0.116. The molecule has 2 aromatic rings. The highest BCUT2D eigenvalue weighted by atomic mass is 32.1. The van der Waals surface area contributed by atoms with E-state index in [-0.39, 0.29) is 11.7 Å². The molecular weight excluding hydrogens is 291 g/mol. The van der Waals surface area contributed by atoms with Crippen LogP contribution in [0.3, 0.4) is 0 Å². The van der Waals surface area contributed by atoms with E-state index in [4.69, 9.17) is 4.74 Å². The summed E-state index contributed by atoms with van der Waals surface area (Å²) in [7, 11) is 1.58. The smallest absolute Gasteiger partial charge is 0.244 e. The first-order valence-electron chi connectivity index (χ1n) is 6.35. The Morgan fingerprint density at radius 1 is 1.43 bits per heavy atom. The molecule has 0 fully saturated rings. The summed E-state index contributed by atoms with van der Waals surface area (Å²) in [5.74, 6) is -0.466. The average molecular weight is 306 g/mol. The van der Waals surface area contributed by atoms with Gasteiger partial charge in [0.25, 0.3) is 0 Å². The summed E-state index contributed by atoms with van der Waals surface area (Å²) in [4.78, 5) is 15.9. The quantitative estimate of drug-likeness (QED) is 0.659. The van der Waals surface area contributed by atoms with Crippen molar-refractivity contribution in [3.8, 4) is 10.6 Å². The third-order valence-corrected chi connectivity index (χ3v) is 3.53. The van der Waals surface area contributed by atoms with Gasteiger partial charge in [-0.15, -0.1) is 11.3 Å². The molecule has 6 heteroatoms. The first-order chi connectivity index (χ1) is 10.2. The zero-order valence-electron chi connectivity index (χ0n) is 11.5. The Morgan fingerprint density at radius 3 is 2.90 bits per heavy atom. The molecule has 0 unspecified atom stereocenters. The second-order valence-electron chi connectivity index (χ2n) is 4.20. The first-order valence-corrected chi connectivity index (χ1v) is 7.23. The minimum atomic E-state index is -0.275. The van der Waals surface area contributed by atoms with Gasteiger partial charge in [0.05, 0.1) is 12.3 Å². The number of hydrogen-bond acceptors (Lipinski definition) is 4. The van der Waals surface area contributed by atoms with Crippen LogP contribution in [0.15, 0.2) is 35.7 Å². The molecule has 2 rings (SSSR count). The molecule has 4 nitrogen and oxygen atoms in total. The monoisotopic (exact) mass is 306 g/mol. The zero-order chi connectivity index (χ0) is 15.1. The fourth-order valence-corrected chi connectivity index (χ4v) is 2.38. The Morgan fingerprint density at radius 2 is 2.19 bits per heavy atom. The number of ether oxygens (including phenoxy) is 1. The van der Waals surface area contributed by atoms with Crippen molar-refractivity contribution in [1.82, 2.24) is 10.3 Å². The summed E-state index contributed by atoms with van der Waals surface area (Å²) in [5, 5.41) is 5.31. The Hall–Kier alpha value is -2.05. The predicted molar refractivity (Wildman–Crippen MR) is 81.4 cm³/mol. The molecule has 110 valence electrons. The minimum Gasteiger partial charge on any atom is -0.383 e. The lowest BCUT2D eigenvalue weighted by Crippen LogP contribution is -2.24. The number of nitrogens with one attached hydrogen (secondary N) is 1. The van der Waals surface area contributed by atoms with Crippen molar-refractivity contribution >= 4 is 23.3 Å². The van der Waals surface area contributed by atoms with Crippen LogP contribution in [-0.2, 0) is 9.53 Å². The lowest BCUT2D eigenvalue weighted by Gasteiger charge is -1.99. The molecule has 0 atom stereocenters. The van der Waals surface area contributed by atoms with E-state index in [1.165, 1.54) is 29.5 Å². The van der Waals surface area contributed by atoms with Gasteiger partial charge in [-0.3, -0.25) is 4.79 Å². The van der Waals surface area contributed by atoms with E-state index in [0.717, 1.165) is 10.6 Å². The van der Waals surface area contributed by atoms with Crippen molar-refractivity contribution in [2.24, 2.45) is 0 Å². The number of methoxy groups -OCH3 is 1. The third kappa shape index (κ3) is 4.77. The van der Waals surface area contributed by atoms with Crippen LogP contribution < -0.4 is 5.32 Å². The molecule has 1 aromatic heterocycles. The number of carbonyl (C=O) groups is 1. The van der Waals surface area contributed by atoms with E-state index in [9.17, 15) is 9.18 Å². The second-order valence-corrected chi connectivity index (χ2v) is 5.06. The van der Waals surface area contributed by atoms with E-state index >= 15 is 0 Å². The lowest BCUT2D eigenvalue weighted by atomic mass is 10.2. The molecule has 0 radical (unpaired) electrons. The highest BCUT2D eigenvalue weighted by Crippen LogP contribution is 2.24. The van der Waals surface area contributed by atoms with Crippen LogP contribution >= 0.6 is 11.3 Å². The Bertz CT molecular complexity index is 623. The molecule has 21 heavy (non-hydrogen) atoms. The van der Waals surface area contributed by atoms with Crippen LogP contribution in [0.2, 0.25) is 0 Å². The maximum atomic E-state index is 12.9. The number of carbonyl (C=O) groups excluding carboxylic acids is 1. The third-order valence-electron chi connectivity index (χ3n) is 2.62. The van der Waals surface area contributed by atoms with E-state index in [1.807, 2.05) is 5.38 Å². The van der Waals surface area contributed by atoms with Crippen LogP contribution in [0.1, 0.15) is 5.69 Å². The van der Waals surface area contributed by atoms with E-state index in [0.29, 0.717) is 18.8 Å². The fourth-order valence-electron chi connectivity index (χ4n) is 1.58. The van der Waals surface area contributed by atoms with E-state index in [2.05, 4.69) is 10.3 Å². The maximum Gasteiger partial charge on any atom is 0.244 e. The molecule has 0 saturated carbocycles. The van der Waals surface area contributed by atoms with E-state index < -0.39 is 0 Å². The van der Waals surface area contributed by atoms with Crippen molar-refractivity contribution in [2.75, 3.05) is 20.3 Å². The molecule has 0 aliphatic heterocycles. The average Bonchev–Trinajstić information content (AvgIpc) is 2.95. The first kappa shape index (κ1) is 15.3. The summed E-state index contributed by atoms with van der Waals surface area (Å²) in [6, 6.07) is 6.16. The normalized spacial score (nSPS) is 11.0. The van der Waals surface area contributed by atoms with Crippen molar-refractivity contribution in [3.63, 3.8) is 0 Å². The maximum absolute atomic E-state index is 12.9. The summed E-state index contributed by atoms with van der Waals surface area (Å²) in [6.07, 6.45) is 3.07. The number of benzene rings is 1. The van der Waals surface area contributed by atoms with Crippen molar-refractivity contribution in [3.05, 3.63) is 47.2 Å². The number of hydrogen-bond donors (Lipinski definition) is 1. The summed E-state index contributed by atoms with van der Waals surface area (Å²) in [5.41, 5.74) is 1.55. The van der Waals surface area contributed by atoms with E-state index in [1.54, 1.807) is 25.3 Å². The summed E-state index contributed by atoms with van der Waals surface area (Å²) < 4.78 is 17.7. The number of halogens is 1. The van der Waals surface area contributed by atoms with Gasteiger partial charge < -0.3 is 10.1 Å². The Balaban J connectivity index is 1.96. The number of rotatable bonds is 6. The van der Waals surface area contributed by atoms with Crippen LogP contribution in [0.4, 0.5) is 4.39 Å². The van der Waals surface area contributed by atoms with Crippen LogP contribution in [0.5, 0.6) is 0 Å². The van der Waals surface area contributed by atoms with Gasteiger partial charge in [-0.1, -0.05) is 0 Å². The van der Waals surface area contributed by atoms with Crippen LogP contribution in [0, 0.1) is 5.82 Å². The van der Waals surface area contributed by atoms with Gasteiger partial charge in [0.1, 0.15) is 10.8 Å². The summed E-state index contributed by atoms with van der Waals surface area (Å²) >= 11 is 1.45. The van der Waals surface area contributed by atoms with Crippen molar-refractivity contribution in [1.29, 1.82) is 0 Å². The molecule has 1 aromatic carbocycles. The standard InChI is InChI=1S/C15H15FN2O2S/c1-20-9-8-17-14(19)7-6-13-10-21-15(18-13)11-2-4-12(16)5-3-11/h2-7,10H,8-9H2,1H3,(H,17,19). The highest BCUT2D eigenvalue weighted by molar-refractivity contribution is 7.13. The SMILES string of the molecule is COCCNC(=O)C=Cc1csc(-c2ccc(F)cc2)n1. The van der Waals surface area contributed by atoms with Crippen molar-refractivity contribution < 1.29 is 13.9 Å². The molecule has 1 amide bonds. The molecule has 0 aliphatic rings. The Labute approximate surface area is 126 Å². The second kappa shape index (κ2) is 7.66. The fraction of sp³-hybridized carbons (Fsp3) is 0.200. The topological polar surface area (TPSA) is 51.2 Å². The molecule has 0 aliphatic carbocycles. The molecule has 0 spiro atoms. The largest absolute Gasteiger partial charge is 0.383 e. The van der Waals surface area contributed by atoms with Crippen LogP contribution in [0.25, 0.3) is 16.6 Å². The van der Waals surface area contributed by atoms with Gasteiger partial charge in [-0.2, -0.15) is 0 Å². The van der Waals surface area contributed by atoms with Crippen LogP contribution in [-0.4, -0.2) is 31.2 Å². The Kier molecular flexibility index (Phi) is 5.59. The molecule has 0 saturated heterocycles. The summed E-state index contributed by atoms with van der Waals surface area (Å²) in [6.45, 7) is 0.947. The van der Waals surface area contributed by atoms with Gasteiger partial charge >= 0.3 is 0 Å². The molecule has 0 bridgehead atoms. The zero-order valence-corrected chi connectivity index (χ0v) is 12.3. The van der Waals surface area contributed by atoms with Gasteiger partial charge in [-0.05, 0) is 30.3 Å². The van der Waals surface area contributed by atoms with Gasteiger partial charge in [-0.25, -0.2) is 9.37 Å². The number of amides is 1.